The van der Waals surface area contributed by atoms with Gasteiger partial charge < -0.3 is 5.73 Å². The van der Waals surface area contributed by atoms with Crippen LogP contribution in [0.3, 0.4) is 0 Å². The van der Waals surface area contributed by atoms with Crippen LogP contribution < -0.4 is 11.3 Å². The van der Waals surface area contributed by atoms with E-state index in [1.807, 2.05) is 6.92 Å². The van der Waals surface area contributed by atoms with Crippen molar-refractivity contribution in [2.75, 3.05) is 13.1 Å². The maximum Gasteiger partial charge on any atom is 0.275 e. The molecule has 1 fully saturated rings. The molecule has 6 nitrogen and oxygen atoms in total. The molecule has 0 aliphatic carbocycles. The van der Waals surface area contributed by atoms with Crippen molar-refractivity contribution in [3.05, 3.63) is 27.1 Å². The first-order chi connectivity index (χ1) is 9.65. The summed E-state index contributed by atoms with van der Waals surface area (Å²) in [5.74, 6) is 0. The first-order valence-electron chi connectivity index (χ1n) is 7.02. The molecule has 2 aromatic rings. The Balaban J connectivity index is 1.86. The van der Waals surface area contributed by atoms with E-state index >= 15 is 0 Å². The Morgan fingerprint density at radius 3 is 3.15 bits per heavy atom. The molecule has 3 heterocycles. The quantitative estimate of drug-likeness (QED) is 0.898. The van der Waals surface area contributed by atoms with Crippen LogP contribution >= 0.6 is 11.3 Å². The summed E-state index contributed by atoms with van der Waals surface area (Å²) in [6.45, 7) is 4.62. The van der Waals surface area contributed by atoms with Crippen LogP contribution in [-0.4, -0.2) is 38.6 Å². The van der Waals surface area contributed by atoms with E-state index in [-0.39, 0.29) is 11.6 Å². The summed E-state index contributed by atoms with van der Waals surface area (Å²) in [5, 5.41) is 5.19. The molecule has 0 spiro atoms. The second kappa shape index (κ2) is 5.59. The summed E-state index contributed by atoms with van der Waals surface area (Å²) in [5.41, 5.74) is 6.70. The van der Waals surface area contributed by atoms with Crippen molar-refractivity contribution in [2.45, 2.75) is 38.8 Å². The molecular weight excluding hydrogens is 274 g/mol. The smallest absolute Gasteiger partial charge is 0.275 e. The number of aromatic nitrogens is 3. The first-order valence-corrected chi connectivity index (χ1v) is 7.84. The lowest BCUT2D eigenvalue weighted by Crippen LogP contribution is -2.42. The van der Waals surface area contributed by atoms with Gasteiger partial charge in [-0.15, -0.1) is 0 Å². The van der Waals surface area contributed by atoms with E-state index < -0.39 is 0 Å². The van der Waals surface area contributed by atoms with Gasteiger partial charge in [0, 0.05) is 25.2 Å². The van der Waals surface area contributed by atoms with Gasteiger partial charge in [0.25, 0.3) is 5.56 Å². The van der Waals surface area contributed by atoms with Gasteiger partial charge in [0.2, 0.25) is 4.96 Å². The summed E-state index contributed by atoms with van der Waals surface area (Å²) in [7, 11) is 0. The summed E-state index contributed by atoms with van der Waals surface area (Å²) in [6.07, 6.45) is 3.02. The lowest BCUT2D eigenvalue weighted by atomic mass is 10.1. The maximum atomic E-state index is 12.1. The minimum Gasteiger partial charge on any atom is -0.327 e. The van der Waals surface area contributed by atoms with Crippen LogP contribution in [-0.2, 0) is 13.0 Å². The molecule has 7 heteroatoms. The molecule has 108 valence electrons. The second-order valence-electron chi connectivity index (χ2n) is 5.27. The topological polar surface area (TPSA) is 76.5 Å². The van der Waals surface area contributed by atoms with Gasteiger partial charge in [0.1, 0.15) is 5.01 Å². The summed E-state index contributed by atoms with van der Waals surface area (Å²) in [4.78, 5) is 19.6. The zero-order valence-electron chi connectivity index (χ0n) is 11.6. The number of aryl methyl sites for hydroxylation is 1. The molecule has 1 aliphatic heterocycles. The monoisotopic (exact) mass is 293 g/mol. The molecule has 0 radical (unpaired) electrons. The van der Waals surface area contributed by atoms with Crippen molar-refractivity contribution >= 4 is 16.3 Å². The first kappa shape index (κ1) is 13.7. The SMILES string of the molecule is CCc1nn2c(=O)cc(CN3CCC[C@@H](N)C3)nc2s1. The zero-order valence-corrected chi connectivity index (χ0v) is 12.4. The maximum absolute atomic E-state index is 12.1. The Labute approximate surface area is 121 Å². The second-order valence-corrected chi connectivity index (χ2v) is 6.31. The lowest BCUT2D eigenvalue weighted by molar-refractivity contribution is 0.199. The fourth-order valence-electron chi connectivity index (χ4n) is 2.58. The summed E-state index contributed by atoms with van der Waals surface area (Å²) < 4.78 is 1.40. The molecule has 2 N–H and O–H groups in total. The number of nitrogens with two attached hydrogens (primary N) is 1. The Bertz CT molecular complexity index is 664. The minimum absolute atomic E-state index is 0.0951. The van der Waals surface area contributed by atoms with E-state index in [1.165, 1.54) is 15.9 Å². The Kier molecular flexibility index (Phi) is 3.82. The molecule has 20 heavy (non-hydrogen) atoms. The van der Waals surface area contributed by atoms with Gasteiger partial charge in [-0.3, -0.25) is 9.69 Å². The molecule has 0 saturated carbocycles. The summed E-state index contributed by atoms with van der Waals surface area (Å²) >= 11 is 1.49. The fourth-order valence-corrected chi connectivity index (χ4v) is 3.44. The molecule has 0 amide bonds. The Morgan fingerprint density at radius 2 is 2.40 bits per heavy atom. The molecular formula is C13H19N5OS. The van der Waals surface area contributed by atoms with E-state index in [2.05, 4.69) is 15.0 Å². The van der Waals surface area contributed by atoms with Crippen LogP contribution in [0.5, 0.6) is 0 Å². The highest BCUT2D eigenvalue weighted by atomic mass is 32.1. The minimum atomic E-state index is -0.0951. The van der Waals surface area contributed by atoms with E-state index in [9.17, 15) is 4.79 Å². The highest BCUT2D eigenvalue weighted by molar-refractivity contribution is 7.16. The van der Waals surface area contributed by atoms with Gasteiger partial charge >= 0.3 is 0 Å². The van der Waals surface area contributed by atoms with Crippen molar-refractivity contribution in [1.82, 2.24) is 19.5 Å². The van der Waals surface area contributed by atoms with Crippen LogP contribution in [0.1, 0.15) is 30.5 Å². The third-order valence-corrected chi connectivity index (χ3v) is 4.62. The molecule has 1 saturated heterocycles. The highest BCUT2D eigenvalue weighted by Gasteiger charge is 2.18. The lowest BCUT2D eigenvalue weighted by Gasteiger charge is -2.30. The number of piperidine rings is 1. The number of hydrogen-bond donors (Lipinski definition) is 1. The van der Waals surface area contributed by atoms with Gasteiger partial charge in [-0.25, -0.2) is 4.98 Å². The van der Waals surface area contributed by atoms with Gasteiger partial charge in [-0.2, -0.15) is 9.61 Å². The molecule has 0 bridgehead atoms. The van der Waals surface area contributed by atoms with Crippen LogP contribution in [0, 0.1) is 0 Å². The van der Waals surface area contributed by atoms with E-state index in [0.29, 0.717) is 11.5 Å². The predicted molar refractivity (Wildman–Crippen MR) is 79.0 cm³/mol. The normalized spacial score (nSPS) is 20.6. The number of rotatable bonds is 3. The van der Waals surface area contributed by atoms with Gasteiger partial charge in [0.05, 0.1) is 5.69 Å². The van der Waals surface area contributed by atoms with Crippen molar-refractivity contribution in [3.63, 3.8) is 0 Å². The third-order valence-electron chi connectivity index (χ3n) is 3.57. The molecule has 2 aromatic heterocycles. The molecule has 3 rings (SSSR count). The number of nitrogens with zero attached hydrogens (tertiary/aromatic N) is 4. The standard InChI is InChI=1S/C13H19N5OS/c1-2-11-16-18-12(19)6-10(15-13(18)20-11)8-17-5-3-4-9(14)7-17/h6,9H,2-5,7-8,14H2,1H3/t9-/m1/s1. The number of likely N-dealkylation sites (tertiary alicyclic amines) is 1. The summed E-state index contributed by atoms with van der Waals surface area (Å²) in [6, 6.07) is 1.83. The van der Waals surface area contributed by atoms with Gasteiger partial charge in [-0.05, 0) is 25.8 Å². The van der Waals surface area contributed by atoms with E-state index in [4.69, 9.17) is 5.73 Å². The van der Waals surface area contributed by atoms with Crippen molar-refractivity contribution in [1.29, 1.82) is 0 Å². The van der Waals surface area contributed by atoms with Crippen molar-refractivity contribution < 1.29 is 0 Å². The van der Waals surface area contributed by atoms with E-state index in [1.54, 1.807) is 6.07 Å². The van der Waals surface area contributed by atoms with Crippen LogP contribution in [0.4, 0.5) is 0 Å². The van der Waals surface area contributed by atoms with Crippen LogP contribution in [0.2, 0.25) is 0 Å². The zero-order chi connectivity index (χ0) is 14.1. The molecule has 1 aliphatic rings. The molecule has 1 atom stereocenters. The van der Waals surface area contributed by atoms with Crippen molar-refractivity contribution in [2.24, 2.45) is 5.73 Å². The molecule has 0 unspecified atom stereocenters. The van der Waals surface area contributed by atoms with Gasteiger partial charge in [-0.1, -0.05) is 18.3 Å². The average molecular weight is 293 g/mol. The Hall–Kier alpha value is -1.31. The van der Waals surface area contributed by atoms with Gasteiger partial charge in [0.15, 0.2) is 0 Å². The Morgan fingerprint density at radius 1 is 1.55 bits per heavy atom. The van der Waals surface area contributed by atoms with E-state index in [0.717, 1.165) is 43.1 Å². The largest absolute Gasteiger partial charge is 0.327 e. The van der Waals surface area contributed by atoms with Crippen molar-refractivity contribution in [3.8, 4) is 0 Å². The van der Waals surface area contributed by atoms with Crippen LogP contribution in [0.15, 0.2) is 10.9 Å². The average Bonchev–Trinajstić information content (AvgIpc) is 2.82. The van der Waals surface area contributed by atoms with Crippen LogP contribution in [0.25, 0.3) is 4.96 Å². The predicted octanol–water partition coefficient (Wildman–Crippen LogP) is 0.636. The number of hydrogen-bond acceptors (Lipinski definition) is 6. The highest BCUT2D eigenvalue weighted by Crippen LogP contribution is 2.14. The molecule has 0 aromatic carbocycles. The fraction of sp³-hybridized carbons (Fsp3) is 0.615. The third kappa shape index (κ3) is 2.74. The number of fused-ring (bicyclic) bond motifs is 1.